The van der Waals surface area contributed by atoms with Crippen LogP contribution in [0.4, 0.5) is 0 Å². The molecule has 0 aliphatic rings. The summed E-state index contributed by atoms with van der Waals surface area (Å²) < 4.78 is 0. The van der Waals surface area contributed by atoms with E-state index in [-0.39, 0.29) is 26.1 Å². The van der Waals surface area contributed by atoms with Gasteiger partial charge in [-0.05, 0) is 11.5 Å². The van der Waals surface area contributed by atoms with Gasteiger partial charge in [0.25, 0.3) is 0 Å². The van der Waals surface area contributed by atoms with Crippen molar-refractivity contribution in [3.8, 4) is 0 Å². The third kappa shape index (κ3) is 1.82. The third-order valence-electron chi connectivity index (χ3n) is 1.88. The Bertz CT molecular complexity index is 465. The van der Waals surface area contributed by atoms with Crippen molar-refractivity contribution in [1.82, 2.24) is 4.98 Å². The van der Waals surface area contributed by atoms with Crippen molar-refractivity contribution in [2.75, 3.05) is 0 Å². The Kier molecular flexibility index (Phi) is 3.34. The zero-order valence-corrected chi connectivity index (χ0v) is 9.86. The molecule has 0 unspecified atom stereocenters. The number of rotatable bonds is 1. The summed E-state index contributed by atoms with van der Waals surface area (Å²) in [5.41, 5.74) is 0.109. The molecule has 0 spiro atoms. The average molecular weight is 359 g/mol. The fourth-order valence-corrected chi connectivity index (χ4v) is 1.29. The molecule has 0 saturated heterocycles. The van der Waals surface area contributed by atoms with Crippen molar-refractivity contribution in [1.29, 1.82) is 0 Å². The summed E-state index contributed by atoms with van der Waals surface area (Å²) >= 11 is 0. The predicted molar refractivity (Wildman–Crippen MR) is 48.7 cm³/mol. The zero-order valence-electron chi connectivity index (χ0n) is 7.14. The van der Waals surface area contributed by atoms with Crippen LogP contribution in [0.15, 0.2) is 36.5 Å². The first-order valence-electron chi connectivity index (χ1n) is 3.86. The molecule has 1 aromatic heterocycles. The van der Waals surface area contributed by atoms with Gasteiger partial charge in [0.2, 0.25) is 0 Å². The van der Waals surface area contributed by atoms with Crippen molar-refractivity contribution < 1.29 is 30.3 Å². The Balaban J connectivity index is 0.000000980. The van der Waals surface area contributed by atoms with E-state index >= 15 is 0 Å². The summed E-state index contributed by atoms with van der Waals surface area (Å²) in [5, 5.41) is 10.4. The standard InChI is InChI=1S/C10H7NO2.Re/c12-10(13)9-8-4-2-1-3-7(8)5-6-11-9;/h1-6H,(H,12,13);. The van der Waals surface area contributed by atoms with Crippen LogP contribution < -0.4 is 0 Å². The third-order valence-corrected chi connectivity index (χ3v) is 1.88. The number of hydrogen-bond donors (Lipinski definition) is 1. The minimum Gasteiger partial charge on any atom is -0.476 e. The van der Waals surface area contributed by atoms with E-state index in [4.69, 9.17) is 5.11 Å². The molecule has 0 atom stereocenters. The molecule has 0 amide bonds. The van der Waals surface area contributed by atoms with E-state index in [0.717, 1.165) is 5.39 Å². The van der Waals surface area contributed by atoms with E-state index in [1.54, 1.807) is 18.2 Å². The number of benzene rings is 1. The maximum atomic E-state index is 10.8. The Hall–Kier alpha value is -1.24. The van der Waals surface area contributed by atoms with Gasteiger partial charge in [0.1, 0.15) is 0 Å². The van der Waals surface area contributed by atoms with Crippen LogP contribution in [0.1, 0.15) is 10.5 Å². The second kappa shape index (κ2) is 4.32. The van der Waals surface area contributed by atoms with Crippen LogP contribution in [0, 0.1) is 0 Å². The van der Waals surface area contributed by atoms with E-state index in [1.807, 2.05) is 12.1 Å². The average Bonchev–Trinajstić information content (AvgIpc) is 2.17. The molecule has 4 heteroatoms. The van der Waals surface area contributed by atoms with Gasteiger partial charge >= 0.3 is 5.97 Å². The molecule has 2 rings (SSSR count). The van der Waals surface area contributed by atoms with Crippen molar-refractivity contribution in [3.05, 3.63) is 42.2 Å². The maximum absolute atomic E-state index is 10.8. The molecule has 1 radical (unpaired) electrons. The largest absolute Gasteiger partial charge is 0.476 e. The molecule has 1 aromatic carbocycles. The predicted octanol–water partition coefficient (Wildman–Crippen LogP) is 1.93. The first kappa shape index (κ1) is 10.8. The molecule has 71 valence electrons. The van der Waals surface area contributed by atoms with Gasteiger partial charge in [0.15, 0.2) is 5.69 Å². The van der Waals surface area contributed by atoms with Gasteiger partial charge in [-0.25, -0.2) is 9.78 Å². The Morgan fingerprint density at radius 3 is 2.64 bits per heavy atom. The quantitative estimate of drug-likeness (QED) is 0.847. The van der Waals surface area contributed by atoms with Gasteiger partial charge in [0.05, 0.1) is 0 Å². The van der Waals surface area contributed by atoms with Crippen LogP contribution in [0.2, 0.25) is 0 Å². The van der Waals surface area contributed by atoms with Crippen molar-refractivity contribution >= 4 is 16.7 Å². The number of nitrogens with zero attached hydrogens (tertiary/aromatic N) is 1. The molecular formula is C10H7NO2Re. The van der Waals surface area contributed by atoms with Gasteiger partial charge in [-0.15, -0.1) is 0 Å². The maximum Gasteiger partial charge on any atom is 0.355 e. The Morgan fingerprint density at radius 1 is 1.21 bits per heavy atom. The molecule has 0 aliphatic carbocycles. The number of pyridine rings is 1. The second-order valence-electron chi connectivity index (χ2n) is 2.69. The van der Waals surface area contributed by atoms with E-state index < -0.39 is 5.97 Å². The first-order chi connectivity index (χ1) is 6.29. The minimum absolute atomic E-state index is 0. The number of aromatic nitrogens is 1. The van der Waals surface area contributed by atoms with Gasteiger partial charge in [-0.3, -0.25) is 0 Å². The molecule has 2 aromatic rings. The van der Waals surface area contributed by atoms with Crippen LogP contribution in [0.25, 0.3) is 10.8 Å². The summed E-state index contributed by atoms with van der Waals surface area (Å²) in [5.74, 6) is -0.989. The monoisotopic (exact) mass is 360 g/mol. The smallest absolute Gasteiger partial charge is 0.355 e. The topological polar surface area (TPSA) is 50.2 Å². The number of hydrogen-bond acceptors (Lipinski definition) is 2. The van der Waals surface area contributed by atoms with E-state index in [9.17, 15) is 4.79 Å². The van der Waals surface area contributed by atoms with Crippen molar-refractivity contribution in [3.63, 3.8) is 0 Å². The summed E-state index contributed by atoms with van der Waals surface area (Å²) in [6, 6.07) is 9.08. The molecule has 0 saturated carbocycles. The normalized spacial score (nSPS) is 9.43. The number of carboxylic acids is 1. The Labute approximate surface area is 94.4 Å². The fraction of sp³-hybridized carbons (Fsp3) is 0. The molecule has 0 fully saturated rings. The number of carboxylic acid groups (broad SMARTS) is 1. The molecule has 1 heterocycles. The number of aromatic carboxylic acids is 1. The van der Waals surface area contributed by atoms with Gasteiger partial charge in [-0.1, -0.05) is 24.3 Å². The number of carbonyl (C=O) groups is 1. The van der Waals surface area contributed by atoms with Gasteiger partial charge in [-0.2, -0.15) is 0 Å². The summed E-state index contributed by atoms with van der Waals surface area (Å²) in [7, 11) is 0. The Morgan fingerprint density at radius 2 is 1.93 bits per heavy atom. The second-order valence-corrected chi connectivity index (χ2v) is 2.69. The van der Waals surface area contributed by atoms with Crippen LogP contribution in [0.5, 0.6) is 0 Å². The van der Waals surface area contributed by atoms with E-state index in [0.29, 0.717) is 5.39 Å². The molecule has 0 bridgehead atoms. The zero-order chi connectivity index (χ0) is 9.26. The van der Waals surface area contributed by atoms with Gasteiger partial charge < -0.3 is 5.11 Å². The molecule has 14 heavy (non-hydrogen) atoms. The molecule has 1 N–H and O–H groups in total. The van der Waals surface area contributed by atoms with Crippen molar-refractivity contribution in [2.24, 2.45) is 0 Å². The van der Waals surface area contributed by atoms with Gasteiger partial charge in [0, 0.05) is 32.0 Å². The van der Waals surface area contributed by atoms with Crippen LogP contribution in [-0.2, 0) is 20.4 Å². The van der Waals surface area contributed by atoms with Crippen LogP contribution in [-0.4, -0.2) is 16.1 Å². The summed E-state index contributed by atoms with van der Waals surface area (Å²) in [4.78, 5) is 14.6. The van der Waals surface area contributed by atoms with E-state index in [1.165, 1.54) is 6.20 Å². The van der Waals surface area contributed by atoms with Crippen LogP contribution >= 0.6 is 0 Å². The summed E-state index contributed by atoms with van der Waals surface area (Å²) in [6.45, 7) is 0. The SMILES string of the molecule is O=C(O)c1nccc2ccccc12.[Re]. The first-order valence-corrected chi connectivity index (χ1v) is 3.86. The number of fused-ring (bicyclic) bond motifs is 1. The van der Waals surface area contributed by atoms with E-state index in [2.05, 4.69) is 4.98 Å². The van der Waals surface area contributed by atoms with Crippen molar-refractivity contribution in [2.45, 2.75) is 0 Å². The summed E-state index contributed by atoms with van der Waals surface area (Å²) in [6.07, 6.45) is 1.51. The van der Waals surface area contributed by atoms with Crippen LogP contribution in [0.3, 0.4) is 0 Å². The molecular weight excluding hydrogens is 352 g/mol. The molecule has 0 aliphatic heterocycles. The minimum atomic E-state index is -0.989. The fourth-order valence-electron chi connectivity index (χ4n) is 1.29. The molecule has 3 nitrogen and oxygen atoms in total.